The molecular formula is C20H25N3O4. The number of anilines is 1. The van der Waals surface area contributed by atoms with Crippen molar-refractivity contribution < 1.29 is 18.7 Å². The molecule has 0 unspecified atom stereocenters. The number of likely N-dealkylation sites (tertiary alicyclic amines) is 1. The highest BCUT2D eigenvalue weighted by Gasteiger charge is 2.29. The molecule has 0 bridgehead atoms. The number of benzene rings is 1. The van der Waals surface area contributed by atoms with Gasteiger partial charge in [0.2, 0.25) is 0 Å². The van der Waals surface area contributed by atoms with E-state index in [0.29, 0.717) is 11.8 Å². The highest BCUT2D eigenvalue weighted by molar-refractivity contribution is 5.84. The van der Waals surface area contributed by atoms with Crippen molar-refractivity contribution in [3.05, 3.63) is 48.2 Å². The third-order valence-corrected chi connectivity index (χ3v) is 5.34. The summed E-state index contributed by atoms with van der Waals surface area (Å²) < 4.78 is 15.4. The quantitative estimate of drug-likeness (QED) is 0.841. The predicted octanol–water partition coefficient (Wildman–Crippen LogP) is 3.08. The Morgan fingerprint density at radius 3 is 2.63 bits per heavy atom. The van der Waals surface area contributed by atoms with Crippen LogP contribution in [0.2, 0.25) is 0 Å². The van der Waals surface area contributed by atoms with E-state index in [2.05, 4.69) is 27.3 Å². The molecule has 1 aromatic carbocycles. The second-order valence-electron chi connectivity index (χ2n) is 7.24. The van der Waals surface area contributed by atoms with Crippen LogP contribution in [0.3, 0.4) is 0 Å². The number of carbonyl (C=O) groups is 1. The molecule has 27 heavy (non-hydrogen) atoms. The highest BCUT2D eigenvalue weighted by atomic mass is 16.6. The van der Waals surface area contributed by atoms with E-state index >= 15 is 0 Å². The van der Waals surface area contributed by atoms with Crippen LogP contribution < -0.4 is 5.32 Å². The van der Waals surface area contributed by atoms with Gasteiger partial charge in [0.25, 0.3) is 0 Å². The molecule has 0 atom stereocenters. The molecule has 2 fully saturated rings. The van der Waals surface area contributed by atoms with Gasteiger partial charge in [0, 0.05) is 5.69 Å². The van der Waals surface area contributed by atoms with E-state index in [0.717, 1.165) is 31.2 Å². The van der Waals surface area contributed by atoms with Crippen molar-refractivity contribution in [2.75, 3.05) is 31.6 Å². The minimum Gasteiger partial charge on any atom is -0.445 e. The van der Waals surface area contributed by atoms with Crippen LogP contribution in [-0.2, 0) is 22.5 Å². The summed E-state index contributed by atoms with van der Waals surface area (Å²) in [6.07, 6.45) is 5.89. The Balaban J connectivity index is 1.20. The van der Waals surface area contributed by atoms with Gasteiger partial charge in [-0.2, -0.15) is 0 Å². The van der Waals surface area contributed by atoms with Crippen LogP contribution in [-0.4, -0.2) is 48.3 Å². The molecule has 2 saturated heterocycles. The number of oxazole rings is 1. The van der Waals surface area contributed by atoms with Crippen molar-refractivity contribution in [2.45, 2.75) is 31.9 Å². The molecule has 0 aliphatic carbocycles. The predicted molar refractivity (Wildman–Crippen MR) is 99.4 cm³/mol. The molecule has 7 nitrogen and oxygen atoms in total. The Kier molecular flexibility index (Phi) is 5.69. The van der Waals surface area contributed by atoms with E-state index in [1.54, 1.807) is 0 Å². The summed E-state index contributed by atoms with van der Waals surface area (Å²) in [4.78, 5) is 18.2. The fourth-order valence-corrected chi connectivity index (χ4v) is 3.62. The zero-order chi connectivity index (χ0) is 18.5. The van der Waals surface area contributed by atoms with E-state index in [4.69, 9.17) is 13.9 Å². The Morgan fingerprint density at radius 1 is 1.22 bits per heavy atom. The molecule has 1 amide bonds. The maximum Gasteiger partial charge on any atom is 0.412 e. The third kappa shape index (κ3) is 4.87. The number of nitrogens with zero attached hydrogens (tertiary/aromatic N) is 2. The van der Waals surface area contributed by atoms with Crippen LogP contribution in [0.4, 0.5) is 10.5 Å². The van der Waals surface area contributed by atoms with Crippen LogP contribution in [0.1, 0.15) is 24.2 Å². The smallest absolute Gasteiger partial charge is 0.412 e. The molecule has 0 spiro atoms. The lowest BCUT2D eigenvalue weighted by Gasteiger charge is -2.41. The fraction of sp³-hybridized carbons (Fsp3) is 0.500. The maximum absolute atomic E-state index is 11.8. The number of ether oxygens (including phenoxy) is 2. The monoisotopic (exact) mass is 371 g/mol. The lowest BCUT2D eigenvalue weighted by atomic mass is 9.89. The van der Waals surface area contributed by atoms with Crippen molar-refractivity contribution >= 4 is 11.8 Å². The average Bonchev–Trinajstić information content (AvgIpc) is 3.15. The van der Waals surface area contributed by atoms with Crippen LogP contribution in [0.15, 0.2) is 41.3 Å². The van der Waals surface area contributed by atoms with Gasteiger partial charge in [-0.1, -0.05) is 12.1 Å². The number of amides is 1. The first-order valence-corrected chi connectivity index (χ1v) is 9.48. The SMILES string of the molecule is O=C(Nc1ccc(CC2CCN(C3COC3)CC2)cc1)OCc1cnco1. The van der Waals surface area contributed by atoms with Crippen LogP contribution >= 0.6 is 0 Å². The molecule has 0 radical (unpaired) electrons. The van der Waals surface area contributed by atoms with Gasteiger partial charge in [0.1, 0.15) is 0 Å². The molecule has 2 aliphatic rings. The third-order valence-electron chi connectivity index (χ3n) is 5.34. The summed E-state index contributed by atoms with van der Waals surface area (Å²) in [7, 11) is 0. The zero-order valence-corrected chi connectivity index (χ0v) is 15.3. The molecule has 2 aromatic rings. The Bertz CT molecular complexity index is 720. The number of hydrogen-bond acceptors (Lipinski definition) is 6. The van der Waals surface area contributed by atoms with Gasteiger partial charge in [-0.25, -0.2) is 9.78 Å². The standard InChI is InChI=1S/C20H25N3O4/c24-20(26-13-19-10-21-14-27-19)22-17-3-1-15(2-4-17)9-16-5-7-23(8-6-16)18-11-25-12-18/h1-4,10,14,16,18H,5-9,11-13H2,(H,22,24). The van der Waals surface area contributed by atoms with E-state index < -0.39 is 6.09 Å². The van der Waals surface area contributed by atoms with Crippen LogP contribution in [0.25, 0.3) is 0 Å². The summed E-state index contributed by atoms with van der Waals surface area (Å²) in [5.74, 6) is 1.24. The van der Waals surface area contributed by atoms with Crippen LogP contribution in [0.5, 0.6) is 0 Å². The molecule has 2 aliphatic heterocycles. The Hall–Kier alpha value is -2.38. The Labute approximate surface area is 158 Å². The molecule has 7 heteroatoms. The number of aromatic nitrogens is 1. The number of piperidine rings is 1. The van der Waals surface area contributed by atoms with E-state index in [9.17, 15) is 4.79 Å². The Morgan fingerprint density at radius 2 is 2.00 bits per heavy atom. The van der Waals surface area contributed by atoms with Crippen molar-refractivity contribution in [3.8, 4) is 0 Å². The number of hydrogen-bond donors (Lipinski definition) is 1. The zero-order valence-electron chi connectivity index (χ0n) is 15.3. The molecule has 3 heterocycles. The number of rotatable bonds is 6. The molecule has 0 saturated carbocycles. The van der Waals surface area contributed by atoms with Crippen molar-refractivity contribution in [2.24, 2.45) is 5.92 Å². The van der Waals surface area contributed by atoms with Crippen molar-refractivity contribution in [1.29, 1.82) is 0 Å². The first-order valence-electron chi connectivity index (χ1n) is 9.48. The van der Waals surface area contributed by atoms with Gasteiger partial charge in [0.15, 0.2) is 18.8 Å². The highest BCUT2D eigenvalue weighted by Crippen LogP contribution is 2.25. The van der Waals surface area contributed by atoms with E-state index in [-0.39, 0.29) is 6.61 Å². The van der Waals surface area contributed by atoms with Gasteiger partial charge >= 0.3 is 6.09 Å². The minimum absolute atomic E-state index is 0.0651. The summed E-state index contributed by atoms with van der Waals surface area (Å²) in [6.45, 7) is 4.22. The normalized spacial score (nSPS) is 18.8. The van der Waals surface area contributed by atoms with Gasteiger partial charge in [-0.15, -0.1) is 0 Å². The van der Waals surface area contributed by atoms with Crippen LogP contribution in [0, 0.1) is 5.92 Å². The molecular weight excluding hydrogens is 346 g/mol. The molecule has 1 N–H and O–H groups in total. The van der Waals surface area contributed by atoms with E-state index in [1.165, 1.54) is 44.1 Å². The van der Waals surface area contributed by atoms with Gasteiger partial charge in [-0.3, -0.25) is 10.2 Å². The van der Waals surface area contributed by atoms with Gasteiger partial charge < -0.3 is 13.9 Å². The van der Waals surface area contributed by atoms with Gasteiger partial charge in [0.05, 0.1) is 25.5 Å². The first-order chi connectivity index (χ1) is 13.3. The molecule has 144 valence electrons. The second kappa shape index (κ2) is 8.54. The number of carbonyl (C=O) groups excluding carboxylic acids is 1. The molecule has 4 rings (SSSR count). The lowest BCUT2D eigenvalue weighted by molar-refractivity contribution is -0.0737. The topological polar surface area (TPSA) is 76.8 Å². The fourth-order valence-electron chi connectivity index (χ4n) is 3.62. The summed E-state index contributed by atoms with van der Waals surface area (Å²) in [6, 6.07) is 8.66. The van der Waals surface area contributed by atoms with Gasteiger partial charge in [-0.05, 0) is 56.0 Å². The summed E-state index contributed by atoms with van der Waals surface area (Å²) >= 11 is 0. The first kappa shape index (κ1) is 18.0. The molecule has 1 aromatic heterocycles. The summed E-state index contributed by atoms with van der Waals surface area (Å²) in [5.41, 5.74) is 2.03. The lowest BCUT2D eigenvalue weighted by Crippen LogP contribution is -2.51. The average molecular weight is 371 g/mol. The second-order valence-corrected chi connectivity index (χ2v) is 7.24. The van der Waals surface area contributed by atoms with Crippen molar-refractivity contribution in [1.82, 2.24) is 9.88 Å². The minimum atomic E-state index is -0.508. The largest absolute Gasteiger partial charge is 0.445 e. The van der Waals surface area contributed by atoms with Crippen molar-refractivity contribution in [3.63, 3.8) is 0 Å². The maximum atomic E-state index is 11.8. The number of nitrogens with one attached hydrogen (secondary N) is 1. The summed E-state index contributed by atoms with van der Waals surface area (Å²) in [5, 5.41) is 2.72. The van der Waals surface area contributed by atoms with E-state index in [1.807, 2.05) is 12.1 Å².